The largest absolute Gasteiger partial charge is 0.354 e. The molecule has 1 aliphatic rings. The number of hydrogen-bond donors (Lipinski definition) is 0. The maximum atomic E-state index is 12.6. The zero-order chi connectivity index (χ0) is 14.7. The van der Waals surface area contributed by atoms with Gasteiger partial charge in [0.2, 0.25) is 0 Å². The second-order valence-corrected chi connectivity index (χ2v) is 5.86. The maximum absolute atomic E-state index is 12.6. The summed E-state index contributed by atoms with van der Waals surface area (Å²) in [7, 11) is 3.11. The van der Waals surface area contributed by atoms with Gasteiger partial charge in [-0.05, 0) is 34.8 Å². The third-order valence-corrected chi connectivity index (χ3v) is 3.89. The van der Waals surface area contributed by atoms with Crippen LogP contribution < -0.4 is 0 Å². The van der Waals surface area contributed by atoms with E-state index in [-0.39, 0.29) is 17.1 Å². The fourth-order valence-electron chi connectivity index (χ4n) is 1.92. The van der Waals surface area contributed by atoms with Crippen molar-refractivity contribution in [1.29, 1.82) is 0 Å². The smallest absolute Gasteiger partial charge is 0.257 e. The Kier molecular flexibility index (Phi) is 5.37. The number of nitrogens with zero attached hydrogens (tertiary/aromatic N) is 2. The van der Waals surface area contributed by atoms with Crippen molar-refractivity contribution >= 4 is 33.4 Å². The van der Waals surface area contributed by atoms with Crippen LogP contribution in [0.15, 0.2) is 16.7 Å². The summed E-state index contributed by atoms with van der Waals surface area (Å²) in [4.78, 5) is 18.4. The predicted molar refractivity (Wildman–Crippen MR) is 78.8 cm³/mol. The maximum Gasteiger partial charge on any atom is 0.257 e. The number of hydrogen-bond acceptors (Lipinski definition) is 4. The van der Waals surface area contributed by atoms with E-state index >= 15 is 0 Å². The van der Waals surface area contributed by atoms with Crippen LogP contribution in [0.4, 0.5) is 0 Å². The zero-order valence-corrected chi connectivity index (χ0v) is 13.6. The molecule has 1 heterocycles. The van der Waals surface area contributed by atoms with Crippen LogP contribution in [-0.2, 0) is 9.47 Å². The number of rotatable bonds is 6. The van der Waals surface area contributed by atoms with Crippen molar-refractivity contribution in [3.05, 3.63) is 27.5 Å². The van der Waals surface area contributed by atoms with Gasteiger partial charge < -0.3 is 14.4 Å². The van der Waals surface area contributed by atoms with E-state index in [0.29, 0.717) is 12.1 Å². The topological polar surface area (TPSA) is 51.7 Å². The molecule has 0 spiro atoms. The lowest BCUT2D eigenvalue weighted by atomic mass is 10.2. The Bertz CT molecular complexity index is 493. The van der Waals surface area contributed by atoms with Crippen LogP contribution >= 0.6 is 27.5 Å². The van der Waals surface area contributed by atoms with Crippen molar-refractivity contribution in [2.45, 2.75) is 25.2 Å². The van der Waals surface area contributed by atoms with Gasteiger partial charge in [-0.15, -0.1) is 0 Å². The molecule has 0 aromatic carbocycles. The second kappa shape index (κ2) is 6.85. The van der Waals surface area contributed by atoms with Gasteiger partial charge >= 0.3 is 0 Å². The van der Waals surface area contributed by atoms with Crippen molar-refractivity contribution in [1.82, 2.24) is 9.88 Å². The van der Waals surface area contributed by atoms with Gasteiger partial charge in [-0.2, -0.15) is 0 Å². The number of pyridine rings is 1. The van der Waals surface area contributed by atoms with E-state index in [9.17, 15) is 4.79 Å². The average molecular weight is 364 g/mol. The minimum atomic E-state index is -0.446. The third-order valence-electron chi connectivity index (χ3n) is 3.16. The Balaban J connectivity index is 2.20. The number of ether oxygens (including phenoxy) is 2. The third kappa shape index (κ3) is 3.69. The quantitative estimate of drug-likeness (QED) is 0.576. The molecule has 2 rings (SSSR count). The molecule has 0 radical (unpaired) electrons. The molecule has 5 nitrogen and oxygen atoms in total. The molecule has 7 heteroatoms. The molecule has 1 aromatic rings. The van der Waals surface area contributed by atoms with Crippen molar-refractivity contribution in [2.24, 2.45) is 0 Å². The molecule has 0 aliphatic heterocycles. The van der Waals surface area contributed by atoms with E-state index < -0.39 is 6.29 Å². The Morgan fingerprint density at radius 1 is 1.55 bits per heavy atom. The van der Waals surface area contributed by atoms with Gasteiger partial charge in [0.1, 0.15) is 5.15 Å². The minimum Gasteiger partial charge on any atom is -0.354 e. The van der Waals surface area contributed by atoms with Gasteiger partial charge in [0.05, 0.1) is 12.1 Å². The van der Waals surface area contributed by atoms with Crippen LogP contribution in [0.3, 0.4) is 0 Å². The average Bonchev–Trinajstić information content (AvgIpc) is 3.27. The summed E-state index contributed by atoms with van der Waals surface area (Å²) in [6.45, 7) is 0.374. The number of halogens is 2. The fraction of sp³-hybridized carbons (Fsp3) is 0.538. The highest BCUT2D eigenvalue weighted by Gasteiger charge is 2.35. The summed E-state index contributed by atoms with van der Waals surface area (Å²) in [5.41, 5.74) is 0.388. The number of amides is 1. The van der Waals surface area contributed by atoms with E-state index in [1.807, 2.05) is 0 Å². The minimum absolute atomic E-state index is 0.148. The van der Waals surface area contributed by atoms with Gasteiger partial charge in [0, 0.05) is 30.9 Å². The summed E-state index contributed by atoms with van der Waals surface area (Å²) >= 11 is 9.33. The summed E-state index contributed by atoms with van der Waals surface area (Å²) in [6.07, 6.45) is 3.10. The lowest BCUT2D eigenvalue weighted by Gasteiger charge is -2.26. The number of carbonyl (C=O) groups is 1. The molecule has 0 N–H and O–H groups in total. The van der Waals surface area contributed by atoms with Gasteiger partial charge in [-0.1, -0.05) is 11.6 Å². The molecule has 1 fully saturated rings. The molecule has 0 atom stereocenters. The Hall–Kier alpha value is -0.690. The molecule has 1 aliphatic carbocycles. The molecule has 110 valence electrons. The zero-order valence-electron chi connectivity index (χ0n) is 11.3. The molecule has 20 heavy (non-hydrogen) atoms. The van der Waals surface area contributed by atoms with Gasteiger partial charge in [-0.3, -0.25) is 4.79 Å². The monoisotopic (exact) mass is 362 g/mol. The summed E-state index contributed by atoms with van der Waals surface area (Å²) in [6, 6.07) is 1.91. The number of aromatic nitrogens is 1. The number of carbonyl (C=O) groups excluding carboxylic acids is 1. The molecule has 1 saturated carbocycles. The first-order chi connectivity index (χ1) is 9.56. The molecular formula is C13H16BrClN2O3. The highest BCUT2D eigenvalue weighted by Crippen LogP contribution is 2.30. The van der Waals surface area contributed by atoms with Crippen molar-refractivity contribution in [3.8, 4) is 0 Å². The fourth-order valence-corrected chi connectivity index (χ4v) is 2.43. The second-order valence-electron chi connectivity index (χ2n) is 4.58. The Morgan fingerprint density at radius 2 is 2.20 bits per heavy atom. The van der Waals surface area contributed by atoms with E-state index in [2.05, 4.69) is 20.9 Å². The molecule has 0 bridgehead atoms. The Labute approximate surface area is 131 Å². The van der Waals surface area contributed by atoms with Crippen LogP contribution in [0.1, 0.15) is 23.2 Å². The highest BCUT2D eigenvalue weighted by molar-refractivity contribution is 9.10. The lowest BCUT2D eigenvalue weighted by Crippen LogP contribution is -2.40. The van der Waals surface area contributed by atoms with Crippen LogP contribution in [0.5, 0.6) is 0 Å². The van der Waals surface area contributed by atoms with E-state index in [1.54, 1.807) is 31.4 Å². The molecule has 1 amide bonds. The molecule has 1 aromatic heterocycles. The van der Waals surface area contributed by atoms with Gasteiger partial charge in [0.15, 0.2) is 6.29 Å². The molecular weight excluding hydrogens is 348 g/mol. The van der Waals surface area contributed by atoms with Gasteiger partial charge in [-0.25, -0.2) is 4.98 Å². The first-order valence-electron chi connectivity index (χ1n) is 6.24. The van der Waals surface area contributed by atoms with Gasteiger partial charge in [0.25, 0.3) is 5.91 Å². The first kappa shape index (κ1) is 15.7. The van der Waals surface area contributed by atoms with E-state index in [1.165, 1.54) is 0 Å². The summed E-state index contributed by atoms with van der Waals surface area (Å²) < 4.78 is 11.1. The lowest BCUT2D eigenvalue weighted by molar-refractivity contribution is -0.112. The predicted octanol–water partition coefficient (Wildman–Crippen LogP) is 2.72. The van der Waals surface area contributed by atoms with Crippen LogP contribution in [-0.4, -0.2) is 48.9 Å². The van der Waals surface area contributed by atoms with Crippen molar-refractivity contribution < 1.29 is 14.3 Å². The Morgan fingerprint density at radius 3 is 2.75 bits per heavy atom. The van der Waals surface area contributed by atoms with E-state index in [4.69, 9.17) is 21.1 Å². The SMILES string of the molecule is COC(CN(C(=O)c1cc(Br)cnc1Cl)C1CC1)OC. The van der Waals surface area contributed by atoms with Crippen LogP contribution in [0, 0.1) is 0 Å². The molecule has 0 saturated heterocycles. The summed E-state index contributed by atoms with van der Waals surface area (Å²) in [5.74, 6) is -0.148. The van der Waals surface area contributed by atoms with Crippen LogP contribution in [0.25, 0.3) is 0 Å². The molecule has 0 unspecified atom stereocenters. The van der Waals surface area contributed by atoms with Crippen molar-refractivity contribution in [3.63, 3.8) is 0 Å². The summed E-state index contributed by atoms with van der Waals surface area (Å²) in [5, 5.41) is 0.204. The van der Waals surface area contributed by atoms with Crippen molar-refractivity contribution in [2.75, 3.05) is 20.8 Å². The number of methoxy groups -OCH3 is 2. The van der Waals surface area contributed by atoms with Crippen LogP contribution in [0.2, 0.25) is 5.15 Å². The normalized spacial score (nSPS) is 14.7. The highest BCUT2D eigenvalue weighted by atomic mass is 79.9. The van der Waals surface area contributed by atoms with E-state index in [0.717, 1.165) is 17.3 Å². The standard InChI is InChI=1S/C13H16BrClN2O3/c1-19-11(20-2)7-17(9-3-4-9)13(18)10-5-8(14)6-16-12(10)15/h5-6,9,11H,3-4,7H2,1-2H3. The first-order valence-corrected chi connectivity index (χ1v) is 7.41.